The van der Waals surface area contributed by atoms with E-state index in [-0.39, 0.29) is 19.1 Å². The highest BCUT2D eigenvalue weighted by molar-refractivity contribution is 5.77. The van der Waals surface area contributed by atoms with Crippen LogP contribution < -0.4 is 5.32 Å². The molecule has 18 heavy (non-hydrogen) atoms. The standard InChI is InChI=1S/C10H19NO5.CH4O/c1-2-11-10(13)9-16-8-7-15-6-5-14-4-3-12;1-2/h3H,2,4-9H2,1H3,(H,11,13);2H,1H3. The minimum atomic E-state index is -0.128. The fraction of sp³-hybridized carbons (Fsp3) is 0.818. The molecule has 108 valence electrons. The van der Waals surface area contributed by atoms with Gasteiger partial charge in [0.05, 0.1) is 26.4 Å². The molecule has 0 saturated carbocycles. The molecule has 0 aromatic heterocycles. The van der Waals surface area contributed by atoms with Gasteiger partial charge in [-0.25, -0.2) is 0 Å². The van der Waals surface area contributed by atoms with E-state index >= 15 is 0 Å². The second-order valence-electron chi connectivity index (χ2n) is 2.86. The number of likely N-dealkylation sites (N-methyl/N-ethyl adjacent to an activating group) is 1. The summed E-state index contributed by atoms with van der Waals surface area (Å²) in [5.41, 5.74) is 0. The molecular weight excluding hydrogens is 242 g/mol. The van der Waals surface area contributed by atoms with Crippen LogP contribution in [0.25, 0.3) is 0 Å². The lowest BCUT2D eigenvalue weighted by atomic mass is 10.6. The normalized spacial score (nSPS) is 9.28. The Labute approximate surface area is 107 Å². The van der Waals surface area contributed by atoms with Gasteiger partial charge in [-0.05, 0) is 6.92 Å². The molecule has 0 aliphatic carbocycles. The van der Waals surface area contributed by atoms with Crippen molar-refractivity contribution in [3.63, 3.8) is 0 Å². The summed E-state index contributed by atoms with van der Waals surface area (Å²) < 4.78 is 15.0. The van der Waals surface area contributed by atoms with Crippen LogP contribution in [-0.4, -0.2) is 70.6 Å². The SMILES string of the molecule is CCNC(=O)COCCOCCOCC=O.CO. The van der Waals surface area contributed by atoms with Crippen LogP contribution in [0.15, 0.2) is 0 Å². The first kappa shape index (κ1) is 19.3. The number of ether oxygens (including phenoxy) is 3. The van der Waals surface area contributed by atoms with E-state index in [0.29, 0.717) is 39.3 Å². The van der Waals surface area contributed by atoms with E-state index < -0.39 is 0 Å². The predicted octanol–water partition coefficient (Wildman–Crippen LogP) is -1.02. The first-order valence-corrected chi connectivity index (χ1v) is 5.69. The van der Waals surface area contributed by atoms with E-state index in [1.807, 2.05) is 6.92 Å². The Morgan fingerprint density at radius 2 is 1.67 bits per heavy atom. The topological polar surface area (TPSA) is 94.1 Å². The fourth-order valence-corrected chi connectivity index (χ4v) is 0.882. The molecule has 0 radical (unpaired) electrons. The number of aliphatic hydroxyl groups is 1. The Morgan fingerprint density at radius 3 is 2.22 bits per heavy atom. The zero-order valence-electron chi connectivity index (χ0n) is 11.0. The summed E-state index contributed by atoms with van der Waals surface area (Å²) in [5.74, 6) is -0.128. The van der Waals surface area contributed by atoms with E-state index in [1.165, 1.54) is 0 Å². The van der Waals surface area contributed by atoms with Gasteiger partial charge in [0.25, 0.3) is 0 Å². The number of aldehydes is 1. The number of amides is 1. The maximum atomic E-state index is 10.9. The van der Waals surface area contributed by atoms with Crippen molar-refractivity contribution < 1.29 is 28.9 Å². The molecule has 7 nitrogen and oxygen atoms in total. The summed E-state index contributed by atoms with van der Waals surface area (Å²) in [7, 11) is 1.00. The van der Waals surface area contributed by atoms with E-state index in [1.54, 1.807) is 0 Å². The smallest absolute Gasteiger partial charge is 0.245 e. The number of carbonyl (C=O) groups is 2. The summed E-state index contributed by atoms with van der Waals surface area (Å²) in [4.78, 5) is 20.8. The molecule has 0 rings (SSSR count). The summed E-state index contributed by atoms with van der Waals surface area (Å²) >= 11 is 0. The first-order chi connectivity index (χ1) is 8.81. The lowest BCUT2D eigenvalue weighted by molar-refractivity contribution is -0.126. The van der Waals surface area contributed by atoms with Crippen molar-refractivity contribution in [3.05, 3.63) is 0 Å². The molecule has 0 aromatic rings. The second kappa shape index (κ2) is 18.3. The van der Waals surface area contributed by atoms with E-state index in [2.05, 4.69) is 5.32 Å². The Balaban J connectivity index is 0. The Hall–Kier alpha value is -1.02. The highest BCUT2D eigenvalue weighted by Crippen LogP contribution is 1.80. The van der Waals surface area contributed by atoms with E-state index in [0.717, 1.165) is 7.11 Å². The summed E-state index contributed by atoms with van der Waals surface area (Å²) in [5, 5.41) is 9.61. The molecular formula is C11H23NO6. The molecule has 7 heteroatoms. The average molecular weight is 265 g/mol. The maximum absolute atomic E-state index is 10.9. The minimum Gasteiger partial charge on any atom is -0.400 e. The summed E-state index contributed by atoms with van der Waals surface area (Å²) in [6, 6.07) is 0. The van der Waals surface area contributed by atoms with Crippen molar-refractivity contribution >= 4 is 12.2 Å². The fourth-order valence-electron chi connectivity index (χ4n) is 0.882. The number of hydrogen-bond acceptors (Lipinski definition) is 6. The van der Waals surface area contributed by atoms with Gasteiger partial charge in [0.2, 0.25) is 5.91 Å². The lowest BCUT2D eigenvalue weighted by Gasteiger charge is -2.05. The van der Waals surface area contributed by atoms with E-state index in [4.69, 9.17) is 19.3 Å². The lowest BCUT2D eigenvalue weighted by Crippen LogP contribution is -2.27. The van der Waals surface area contributed by atoms with Crippen molar-refractivity contribution in [3.8, 4) is 0 Å². The molecule has 0 bridgehead atoms. The first-order valence-electron chi connectivity index (χ1n) is 5.69. The number of hydrogen-bond donors (Lipinski definition) is 2. The Morgan fingerprint density at radius 1 is 1.11 bits per heavy atom. The Bertz CT molecular complexity index is 188. The molecule has 0 atom stereocenters. The summed E-state index contributed by atoms with van der Waals surface area (Å²) in [6.45, 7) is 4.17. The molecule has 0 saturated heterocycles. The zero-order chi connectivity index (χ0) is 14.1. The zero-order valence-corrected chi connectivity index (χ0v) is 11.0. The maximum Gasteiger partial charge on any atom is 0.245 e. The van der Waals surface area contributed by atoms with Crippen LogP contribution in [-0.2, 0) is 23.8 Å². The second-order valence-corrected chi connectivity index (χ2v) is 2.86. The Kier molecular flexibility index (Phi) is 19.7. The highest BCUT2D eigenvalue weighted by atomic mass is 16.5. The van der Waals surface area contributed by atoms with Crippen LogP contribution in [0.4, 0.5) is 0 Å². The van der Waals surface area contributed by atoms with Gasteiger partial charge >= 0.3 is 0 Å². The van der Waals surface area contributed by atoms with Crippen molar-refractivity contribution in [2.75, 3.05) is 53.3 Å². The molecule has 0 heterocycles. The van der Waals surface area contributed by atoms with Crippen LogP contribution in [0.1, 0.15) is 6.92 Å². The monoisotopic (exact) mass is 265 g/mol. The number of nitrogens with one attached hydrogen (secondary N) is 1. The van der Waals surface area contributed by atoms with Crippen molar-refractivity contribution in [2.45, 2.75) is 6.92 Å². The van der Waals surface area contributed by atoms with Gasteiger partial charge in [0.15, 0.2) is 0 Å². The van der Waals surface area contributed by atoms with Gasteiger partial charge in [-0.2, -0.15) is 0 Å². The third-order valence-electron chi connectivity index (χ3n) is 1.54. The number of carbonyl (C=O) groups excluding carboxylic acids is 2. The quantitative estimate of drug-likeness (QED) is 0.367. The largest absolute Gasteiger partial charge is 0.400 e. The number of aliphatic hydroxyl groups excluding tert-OH is 1. The van der Waals surface area contributed by atoms with Crippen LogP contribution in [0.3, 0.4) is 0 Å². The van der Waals surface area contributed by atoms with Gasteiger partial charge < -0.3 is 29.4 Å². The van der Waals surface area contributed by atoms with Gasteiger partial charge in [-0.15, -0.1) is 0 Å². The van der Waals surface area contributed by atoms with E-state index in [9.17, 15) is 9.59 Å². The molecule has 0 aromatic carbocycles. The van der Waals surface area contributed by atoms with Crippen LogP contribution >= 0.6 is 0 Å². The molecule has 0 spiro atoms. The molecule has 0 fully saturated rings. The molecule has 0 unspecified atom stereocenters. The van der Waals surface area contributed by atoms with Crippen molar-refractivity contribution in [2.24, 2.45) is 0 Å². The van der Waals surface area contributed by atoms with Crippen molar-refractivity contribution in [1.82, 2.24) is 5.32 Å². The molecule has 0 aliphatic heterocycles. The van der Waals surface area contributed by atoms with Crippen LogP contribution in [0.2, 0.25) is 0 Å². The van der Waals surface area contributed by atoms with Gasteiger partial charge in [-0.1, -0.05) is 0 Å². The molecule has 2 N–H and O–H groups in total. The van der Waals surface area contributed by atoms with Crippen molar-refractivity contribution in [1.29, 1.82) is 0 Å². The van der Waals surface area contributed by atoms with Crippen LogP contribution in [0, 0.1) is 0 Å². The third-order valence-corrected chi connectivity index (χ3v) is 1.54. The summed E-state index contributed by atoms with van der Waals surface area (Å²) in [6.07, 6.45) is 0.690. The molecule has 0 aliphatic rings. The minimum absolute atomic E-state index is 0.0544. The van der Waals surface area contributed by atoms with Gasteiger partial charge in [-0.3, -0.25) is 4.79 Å². The van der Waals surface area contributed by atoms with Gasteiger partial charge in [0.1, 0.15) is 19.5 Å². The molecule has 1 amide bonds. The highest BCUT2D eigenvalue weighted by Gasteiger charge is 1.98. The van der Waals surface area contributed by atoms with Gasteiger partial charge in [0, 0.05) is 13.7 Å². The van der Waals surface area contributed by atoms with Crippen LogP contribution in [0.5, 0.6) is 0 Å². The third kappa shape index (κ3) is 17.4. The average Bonchev–Trinajstić information content (AvgIpc) is 2.39. The number of rotatable bonds is 11. The predicted molar refractivity (Wildman–Crippen MR) is 65.3 cm³/mol.